The first kappa shape index (κ1) is 11.8. The first-order valence-corrected chi connectivity index (χ1v) is 6.21. The molecule has 2 aromatic rings. The average molecular weight is 247 g/mol. The summed E-state index contributed by atoms with van der Waals surface area (Å²) >= 11 is 1.49. The second kappa shape index (κ2) is 6.15. The van der Waals surface area contributed by atoms with Crippen LogP contribution in [0.4, 0.5) is 5.95 Å². The van der Waals surface area contributed by atoms with Crippen LogP contribution in [0.15, 0.2) is 40.9 Å². The molecule has 0 aliphatic carbocycles. The van der Waals surface area contributed by atoms with Crippen LogP contribution in [-0.4, -0.2) is 26.5 Å². The van der Waals surface area contributed by atoms with E-state index in [1.54, 1.807) is 12.4 Å². The van der Waals surface area contributed by atoms with Gasteiger partial charge in [-0.05, 0) is 30.3 Å². The summed E-state index contributed by atoms with van der Waals surface area (Å²) in [6.45, 7) is 2.98. The van der Waals surface area contributed by atoms with Gasteiger partial charge in [0.15, 0.2) is 0 Å². The third-order valence-electron chi connectivity index (χ3n) is 1.93. The van der Waals surface area contributed by atoms with Crippen molar-refractivity contribution in [2.45, 2.75) is 23.4 Å². The molecule has 6 heteroatoms. The van der Waals surface area contributed by atoms with E-state index in [0.717, 1.165) is 23.0 Å². The molecule has 0 atom stereocenters. The van der Waals surface area contributed by atoms with Gasteiger partial charge in [-0.1, -0.05) is 6.92 Å². The maximum atomic E-state index is 4.39. The molecule has 88 valence electrons. The molecule has 5 nitrogen and oxygen atoms in total. The Morgan fingerprint density at radius 2 is 2.06 bits per heavy atom. The second-order valence-corrected chi connectivity index (χ2v) is 4.34. The van der Waals surface area contributed by atoms with Gasteiger partial charge in [0.25, 0.3) is 0 Å². The molecule has 0 saturated carbocycles. The van der Waals surface area contributed by atoms with Crippen molar-refractivity contribution in [1.29, 1.82) is 0 Å². The Hall–Kier alpha value is -1.69. The summed E-state index contributed by atoms with van der Waals surface area (Å²) in [5.41, 5.74) is 0. The quantitative estimate of drug-likeness (QED) is 0.817. The maximum absolute atomic E-state index is 4.39. The molecule has 2 aromatic heterocycles. The Labute approximate surface area is 104 Å². The fourth-order valence-electron chi connectivity index (χ4n) is 1.17. The van der Waals surface area contributed by atoms with Gasteiger partial charge in [0.2, 0.25) is 5.95 Å². The van der Waals surface area contributed by atoms with Gasteiger partial charge < -0.3 is 5.32 Å². The van der Waals surface area contributed by atoms with Gasteiger partial charge in [0.1, 0.15) is 16.4 Å². The highest BCUT2D eigenvalue weighted by molar-refractivity contribution is 7.99. The third-order valence-corrected chi connectivity index (χ3v) is 2.81. The third kappa shape index (κ3) is 3.67. The smallest absolute Gasteiger partial charge is 0.223 e. The number of anilines is 1. The highest BCUT2D eigenvalue weighted by Crippen LogP contribution is 2.23. The van der Waals surface area contributed by atoms with Crippen molar-refractivity contribution in [2.75, 3.05) is 11.9 Å². The molecule has 0 bridgehead atoms. The van der Waals surface area contributed by atoms with Crippen molar-refractivity contribution in [3.05, 3.63) is 30.9 Å². The predicted molar refractivity (Wildman–Crippen MR) is 67.0 cm³/mol. The average Bonchev–Trinajstić information content (AvgIpc) is 2.38. The Kier molecular flexibility index (Phi) is 4.26. The summed E-state index contributed by atoms with van der Waals surface area (Å²) in [5.74, 6) is 0.658. The van der Waals surface area contributed by atoms with E-state index in [9.17, 15) is 0 Å². The van der Waals surface area contributed by atoms with Crippen LogP contribution >= 0.6 is 11.8 Å². The molecule has 0 unspecified atom stereocenters. The first-order chi connectivity index (χ1) is 8.38. The summed E-state index contributed by atoms with van der Waals surface area (Å²) in [6.07, 6.45) is 6.04. The van der Waals surface area contributed by atoms with E-state index in [0.29, 0.717) is 5.95 Å². The van der Waals surface area contributed by atoms with E-state index in [4.69, 9.17) is 0 Å². The van der Waals surface area contributed by atoms with E-state index in [1.807, 2.05) is 12.1 Å². The molecule has 0 aliphatic heterocycles. The van der Waals surface area contributed by atoms with Gasteiger partial charge in [-0.15, -0.1) is 0 Å². The Morgan fingerprint density at radius 1 is 1.18 bits per heavy atom. The van der Waals surface area contributed by atoms with Crippen LogP contribution in [0.3, 0.4) is 0 Å². The largest absolute Gasteiger partial charge is 0.354 e. The van der Waals surface area contributed by atoms with Gasteiger partial charge in [-0.2, -0.15) is 0 Å². The van der Waals surface area contributed by atoms with Crippen LogP contribution < -0.4 is 5.32 Å². The van der Waals surface area contributed by atoms with Crippen molar-refractivity contribution in [2.24, 2.45) is 0 Å². The number of rotatable bonds is 5. The summed E-state index contributed by atoms with van der Waals surface area (Å²) in [6, 6.07) is 3.72. The lowest BCUT2D eigenvalue weighted by molar-refractivity contribution is 0.934. The van der Waals surface area contributed by atoms with Crippen molar-refractivity contribution < 1.29 is 0 Å². The van der Waals surface area contributed by atoms with Crippen LogP contribution in [0.1, 0.15) is 13.3 Å². The van der Waals surface area contributed by atoms with Crippen LogP contribution in [0.2, 0.25) is 0 Å². The number of nitrogens with zero attached hydrogens (tertiary/aromatic N) is 4. The van der Waals surface area contributed by atoms with Crippen LogP contribution in [0.5, 0.6) is 0 Å². The Morgan fingerprint density at radius 3 is 2.82 bits per heavy atom. The molecule has 1 N–H and O–H groups in total. The molecular weight excluding hydrogens is 234 g/mol. The minimum absolute atomic E-state index is 0.658. The minimum atomic E-state index is 0.658. The SMILES string of the molecule is CCCNc1nccc(Sc2ccncn2)n1. The number of nitrogens with one attached hydrogen (secondary N) is 1. The zero-order valence-corrected chi connectivity index (χ0v) is 10.3. The van der Waals surface area contributed by atoms with Gasteiger partial charge in [0, 0.05) is 18.9 Å². The van der Waals surface area contributed by atoms with Crippen LogP contribution in [0.25, 0.3) is 0 Å². The number of aromatic nitrogens is 4. The van der Waals surface area contributed by atoms with E-state index in [-0.39, 0.29) is 0 Å². The molecular formula is C11H13N5S. The topological polar surface area (TPSA) is 63.6 Å². The molecule has 0 fully saturated rings. The van der Waals surface area contributed by atoms with Gasteiger partial charge >= 0.3 is 0 Å². The van der Waals surface area contributed by atoms with Gasteiger partial charge in [0.05, 0.1) is 0 Å². The van der Waals surface area contributed by atoms with E-state index < -0.39 is 0 Å². The van der Waals surface area contributed by atoms with Crippen LogP contribution in [-0.2, 0) is 0 Å². The normalized spacial score (nSPS) is 10.2. The standard InChI is InChI=1S/C11H13N5S/c1-2-5-13-11-14-7-4-10(16-11)17-9-3-6-12-8-15-9/h3-4,6-8H,2,5H2,1H3,(H,13,14,16). The van der Waals surface area contributed by atoms with Crippen molar-refractivity contribution >= 4 is 17.7 Å². The predicted octanol–water partition coefficient (Wildman–Crippen LogP) is 2.24. The van der Waals surface area contributed by atoms with Gasteiger partial charge in [-0.25, -0.2) is 19.9 Å². The zero-order valence-electron chi connectivity index (χ0n) is 9.50. The fraction of sp³-hybridized carbons (Fsp3) is 0.273. The first-order valence-electron chi connectivity index (χ1n) is 5.39. The lowest BCUT2D eigenvalue weighted by Crippen LogP contribution is -2.04. The van der Waals surface area contributed by atoms with Crippen LogP contribution in [0, 0.1) is 0 Å². The molecule has 0 radical (unpaired) electrons. The molecule has 0 amide bonds. The molecule has 0 aromatic carbocycles. The summed E-state index contributed by atoms with van der Waals surface area (Å²) in [7, 11) is 0. The highest BCUT2D eigenvalue weighted by Gasteiger charge is 2.01. The lowest BCUT2D eigenvalue weighted by Gasteiger charge is -2.04. The van der Waals surface area contributed by atoms with E-state index >= 15 is 0 Å². The van der Waals surface area contributed by atoms with Crippen molar-refractivity contribution in [1.82, 2.24) is 19.9 Å². The van der Waals surface area contributed by atoms with E-state index in [1.165, 1.54) is 18.1 Å². The molecule has 2 heterocycles. The molecule has 17 heavy (non-hydrogen) atoms. The highest BCUT2D eigenvalue weighted by atomic mass is 32.2. The summed E-state index contributed by atoms with van der Waals surface area (Å²) < 4.78 is 0. The van der Waals surface area contributed by atoms with Gasteiger partial charge in [-0.3, -0.25) is 0 Å². The molecule has 0 saturated heterocycles. The molecule has 0 spiro atoms. The minimum Gasteiger partial charge on any atom is -0.354 e. The van der Waals surface area contributed by atoms with Crippen molar-refractivity contribution in [3.8, 4) is 0 Å². The van der Waals surface area contributed by atoms with E-state index in [2.05, 4.69) is 32.2 Å². The molecule has 0 aliphatic rings. The van der Waals surface area contributed by atoms with Crippen molar-refractivity contribution in [3.63, 3.8) is 0 Å². The Balaban J connectivity index is 2.06. The number of hydrogen-bond acceptors (Lipinski definition) is 6. The summed E-state index contributed by atoms with van der Waals surface area (Å²) in [4.78, 5) is 16.5. The zero-order chi connectivity index (χ0) is 11.9. The second-order valence-electron chi connectivity index (χ2n) is 3.29. The maximum Gasteiger partial charge on any atom is 0.223 e. The number of hydrogen-bond donors (Lipinski definition) is 1. The summed E-state index contributed by atoms with van der Waals surface area (Å²) in [5, 5.41) is 4.90. The monoisotopic (exact) mass is 247 g/mol. The fourth-order valence-corrected chi connectivity index (χ4v) is 1.87. The Bertz CT molecular complexity index is 462. The molecule has 2 rings (SSSR count). The lowest BCUT2D eigenvalue weighted by atomic mass is 10.5.